The number of nitrogens with zero attached hydrogens (tertiary/aromatic N) is 1. The Morgan fingerprint density at radius 2 is 2.21 bits per heavy atom. The van der Waals surface area contributed by atoms with Gasteiger partial charge in [-0.2, -0.15) is 0 Å². The smallest absolute Gasteiger partial charge is 0.332 e. The molecular weight excluding hydrogens is 242 g/mol. The van der Waals surface area contributed by atoms with E-state index in [-0.39, 0.29) is 6.10 Å². The first-order chi connectivity index (χ1) is 9.15. The number of rotatable bonds is 3. The van der Waals surface area contributed by atoms with Crippen LogP contribution in [0.5, 0.6) is 0 Å². The molecule has 2 heterocycles. The fourth-order valence-electron chi connectivity index (χ4n) is 2.82. The van der Waals surface area contributed by atoms with Crippen LogP contribution in [0.25, 0.3) is 10.9 Å². The Morgan fingerprint density at radius 3 is 2.95 bits per heavy atom. The van der Waals surface area contributed by atoms with E-state index < -0.39 is 12.1 Å². The van der Waals surface area contributed by atoms with Gasteiger partial charge in [-0.3, -0.25) is 0 Å². The van der Waals surface area contributed by atoms with Crippen LogP contribution in [-0.2, 0) is 16.1 Å². The summed E-state index contributed by atoms with van der Waals surface area (Å²) in [7, 11) is 0. The van der Waals surface area contributed by atoms with Gasteiger partial charge < -0.3 is 14.4 Å². The molecule has 2 atom stereocenters. The number of hydrogen-bond donors (Lipinski definition) is 1. The number of carboxylic acid groups (broad SMARTS) is 1. The second-order valence-electron chi connectivity index (χ2n) is 5.14. The monoisotopic (exact) mass is 259 g/mol. The molecule has 2 unspecified atom stereocenters. The van der Waals surface area contributed by atoms with Crippen molar-refractivity contribution in [3.05, 3.63) is 36.0 Å². The highest BCUT2D eigenvalue weighted by Crippen LogP contribution is 2.25. The molecule has 1 aliphatic heterocycles. The zero-order chi connectivity index (χ0) is 13.4. The van der Waals surface area contributed by atoms with Crippen LogP contribution < -0.4 is 0 Å². The summed E-state index contributed by atoms with van der Waals surface area (Å²) in [6, 6.07) is 8.25. The van der Waals surface area contributed by atoms with E-state index in [1.807, 2.05) is 12.1 Å². The molecule has 0 radical (unpaired) electrons. The summed E-state index contributed by atoms with van der Waals surface area (Å²) >= 11 is 0. The third kappa shape index (κ3) is 2.24. The topological polar surface area (TPSA) is 51.5 Å². The normalized spacial score (nSPS) is 23.0. The highest BCUT2D eigenvalue weighted by Gasteiger charge is 2.30. The highest BCUT2D eigenvalue weighted by atomic mass is 16.5. The molecule has 0 aliphatic carbocycles. The Balaban J connectivity index is 1.81. The third-order valence-electron chi connectivity index (χ3n) is 3.77. The van der Waals surface area contributed by atoms with Crippen molar-refractivity contribution in [2.45, 2.75) is 38.5 Å². The first-order valence-electron chi connectivity index (χ1n) is 6.58. The molecule has 1 aromatic carbocycles. The lowest BCUT2D eigenvalue weighted by Crippen LogP contribution is -2.22. The maximum absolute atomic E-state index is 10.9. The second-order valence-corrected chi connectivity index (χ2v) is 5.14. The predicted octanol–water partition coefficient (Wildman–Crippen LogP) is 2.58. The van der Waals surface area contributed by atoms with Crippen LogP contribution >= 0.6 is 0 Å². The van der Waals surface area contributed by atoms with Crippen LogP contribution in [0.1, 0.15) is 18.4 Å². The van der Waals surface area contributed by atoms with E-state index >= 15 is 0 Å². The van der Waals surface area contributed by atoms with Crippen molar-refractivity contribution in [1.82, 2.24) is 4.57 Å². The van der Waals surface area contributed by atoms with Gasteiger partial charge in [0.15, 0.2) is 6.10 Å². The average Bonchev–Trinajstić information content (AvgIpc) is 2.97. The maximum Gasteiger partial charge on any atom is 0.332 e. The summed E-state index contributed by atoms with van der Waals surface area (Å²) in [5.74, 6) is -0.851. The molecule has 0 bridgehead atoms. The first-order valence-corrected chi connectivity index (χ1v) is 6.58. The van der Waals surface area contributed by atoms with E-state index in [0.29, 0.717) is 6.42 Å². The van der Waals surface area contributed by atoms with E-state index in [1.165, 1.54) is 16.5 Å². The van der Waals surface area contributed by atoms with E-state index in [0.717, 1.165) is 13.0 Å². The Labute approximate surface area is 111 Å². The third-order valence-corrected chi connectivity index (χ3v) is 3.77. The summed E-state index contributed by atoms with van der Waals surface area (Å²) in [6.07, 6.45) is 2.90. The molecule has 1 saturated heterocycles. The lowest BCUT2D eigenvalue weighted by molar-refractivity contribution is -0.149. The number of benzene rings is 1. The minimum atomic E-state index is -0.851. The van der Waals surface area contributed by atoms with Gasteiger partial charge in [-0.15, -0.1) is 0 Å². The zero-order valence-corrected chi connectivity index (χ0v) is 10.9. The molecule has 100 valence electrons. The predicted molar refractivity (Wildman–Crippen MR) is 72.2 cm³/mol. The fraction of sp³-hybridized carbons (Fsp3) is 0.400. The minimum Gasteiger partial charge on any atom is -0.479 e. The zero-order valence-electron chi connectivity index (χ0n) is 10.9. The Morgan fingerprint density at radius 1 is 1.42 bits per heavy atom. The second kappa shape index (κ2) is 4.70. The van der Waals surface area contributed by atoms with E-state index in [4.69, 9.17) is 9.84 Å². The summed E-state index contributed by atoms with van der Waals surface area (Å²) in [6.45, 7) is 2.81. The first kappa shape index (κ1) is 12.2. The van der Waals surface area contributed by atoms with Gasteiger partial charge in [-0.25, -0.2) is 4.79 Å². The van der Waals surface area contributed by atoms with Gasteiger partial charge in [0.05, 0.1) is 6.10 Å². The number of aliphatic carboxylic acids is 1. The quantitative estimate of drug-likeness (QED) is 0.921. The van der Waals surface area contributed by atoms with Gasteiger partial charge in [0.2, 0.25) is 0 Å². The van der Waals surface area contributed by atoms with Crippen molar-refractivity contribution in [1.29, 1.82) is 0 Å². The molecule has 4 nitrogen and oxygen atoms in total. The number of aromatic nitrogens is 1. The molecule has 0 saturated carbocycles. The molecule has 19 heavy (non-hydrogen) atoms. The average molecular weight is 259 g/mol. The van der Waals surface area contributed by atoms with Crippen molar-refractivity contribution in [3.63, 3.8) is 0 Å². The van der Waals surface area contributed by atoms with E-state index in [1.54, 1.807) is 0 Å². The lowest BCUT2D eigenvalue weighted by Gasteiger charge is -2.13. The summed E-state index contributed by atoms with van der Waals surface area (Å²) in [5.41, 5.74) is 2.42. The van der Waals surface area contributed by atoms with Crippen molar-refractivity contribution < 1.29 is 14.6 Å². The Bertz CT molecular complexity index is 617. The molecule has 1 fully saturated rings. The molecule has 1 aliphatic rings. The molecule has 1 N–H and O–H groups in total. The number of carboxylic acids is 1. The Kier molecular flexibility index (Phi) is 3.03. The van der Waals surface area contributed by atoms with Gasteiger partial charge in [-0.1, -0.05) is 18.2 Å². The summed E-state index contributed by atoms with van der Waals surface area (Å²) in [5, 5.41) is 10.2. The number of carbonyl (C=O) groups is 1. The molecule has 0 spiro atoms. The molecule has 2 aromatic rings. The van der Waals surface area contributed by atoms with Crippen molar-refractivity contribution in [2.75, 3.05) is 0 Å². The van der Waals surface area contributed by atoms with Gasteiger partial charge >= 0.3 is 5.97 Å². The van der Waals surface area contributed by atoms with E-state index in [9.17, 15) is 4.79 Å². The summed E-state index contributed by atoms with van der Waals surface area (Å²) < 4.78 is 7.73. The van der Waals surface area contributed by atoms with Crippen LogP contribution in [0, 0.1) is 6.92 Å². The van der Waals surface area contributed by atoms with Gasteiger partial charge in [0, 0.05) is 23.6 Å². The number of hydrogen-bond acceptors (Lipinski definition) is 2. The standard InChI is InChI=1S/C15H17NO3/c1-10-8-16(13-5-3-2-4-12(10)13)9-11-6-7-14(19-11)15(17)18/h2-5,8,11,14H,6-7,9H2,1H3,(H,17,18). The largest absolute Gasteiger partial charge is 0.479 e. The highest BCUT2D eigenvalue weighted by molar-refractivity contribution is 5.83. The summed E-state index contributed by atoms with van der Waals surface area (Å²) in [4.78, 5) is 10.9. The van der Waals surface area contributed by atoms with Crippen LogP contribution in [0.4, 0.5) is 0 Å². The van der Waals surface area contributed by atoms with Crippen LogP contribution in [-0.4, -0.2) is 27.9 Å². The molecular formula is C15H17NO3. The fourth-order valence-corrected chi connectivity index (χ4v) is 2.82. The molecule has 1 aromatic heterocycles. The van der Waals surface area contributed by atoms with Crippen LogP contribution in [0.3, 0.4) is 0 Å². The van der Waals surface area contributed by atoms with Gasteiger partial charge in [-0.05, 0) is 31.4 Å². The number of fused-ring (bicyclic) bond motifs is 1. The van der Waals surface area contributed by atoms with Crippen LogP contribution in [0.2, 0.25) is 0 Å². The van der Waals surface area contributed by atoms with Crippen molar-refractivity contribution in [2.24, 2.45) is 0 Å². The lowest BCUT2D eigenvalue weighted by atomic mass is 10.2. The molecule has 4 heteroatoms. The minimum absolute atomic E-state index is 0.00342. The van der Waals surface area contributed by atoms with Crippen molar-refractivity contribution >= 4 is 16.9 Å². The molecule has 0 amide bonds. The number of para-hydroxylation sites is 1. The van der Waals surface area contributed by atoms with Crippen molar-refractivity contribution in [3.8, 4) is 0 Å². The maximum atomic E-state index is 10.9. The number of ether oxygens (including phenoxy) is 1. The molecule has 3 rings (SSSR count). The van der Waals surface area contributed by atoms with Gasteiger partial charge in [0.1, 0.15) is 0 Å². The van der Waals surface area contributed by atoms with Gasteiger partial charge in [0.25, 0.3) is 0 Å². The van der Waals surface area contributed by atoms with Crippen LogP contribution in [0.15, 0.2) is 30.5 Å². The SMILES string of the molecule is Cc1cn(CC2CCC(C(=O)O)O2)c2ccccc12. The number of aryl methyl sites for hydroxylation is 1. The Hall–Kier alpha value is -1.81. The van der Waals surface area contributed by atoms with E-state index in [2.05, 4.69) is 29.8 Å².